The second kappa shape index (κ2) is 3.36. The molecule has 2 nitrogen and oxygen atoms in total. The van der Waals surface area contributed by atoms with Crippen molar-refractivity contribution in [1.82, 2.24) is 9.38 Å². The molecule has 0 aliphatic rings. The Bertz CT molecular complexity index is 516. The van der Waals surface area contributed by atoms with Crippen LogP contribution in [0.25, 0.3) is 5.65 Å². The molecule has 0 spiro atoms. The van der Waals surface area contributed by atoms with E-state index in [1.807, 2.05) is 22.6 Å². The topological polar surface area (TPSA) is 17.3 Å². The number of pyridine rings is 1. The summed E-state index contributed by atoms with van der Waals surface area (Å²) in [5, 5.41) is 0. The number of aryl methyl sites for hydroxylation is 1. The van der Waals surface area contributed by atoms with E-state index >= 15 is 0 Å². The molecule has 0 saturated heterocycles. The van der Waals surface area contributed by atoms with Gasteiger partial charge in [-0.25, -0.2) is 4.98 Å². The molecule has 0 bridgehead atoms. The SMILES string of the molecule is Cc1nc2ccc(C(F)(F)F)cn2c1I. The zero-order valence-electron chi connectivity index (χ0n) is 7.64. The Morgan fingerprint density at radius 2 is 2.00 bits per heavy atom. The standard InChI is InChI=1S/C9H6F3IN2/c1-5-8(13)15-4-6(9(10,11)12)2-3-7(15)14-5/h2-4H,1H3. The largest absolute Gasteiger partial charge is 0.417 e. The molecule has 0 aliphatic carbocycles. The van der Waals surface area contributed by atoms with Crippen LogP contribution in [0, 0.1) is 10.6 Å². The minimum absolute atomic E-state index is 0.532. The van der Waals surface area contributed by atoms with Crippen LogP contribution in [0.4, 0.5) is 13.2 Å². The molecule has 2 heterocycles. The number of aromatic nitrogens is 2. The Balaban J connectivity index is 2.70. The number of hydrogen-bond donors (Lipinski definition) is 0. The Morgan fingerprint density at radius 3 is 2.60 bits per heavy atom. The minimum Gasteiger partial charge on any atom is -0.294 e. The highest BCUT2D eigenvalue weighted by Crippen LogP contribution is 2.29. The van der Waals surface area contributed by atoms with Gasteiger partial charge in [-0.05, 0) is 41.6 Å². The zero-order chi connectivity index (χ0) is 11.2. The van der Waals surface area contributed by atoms with E-state index in [4.69, 9.17) is 0 Å². The van der Waals surface area contributed by atoms with E-state index in [1.165, 1.54) is 10.5 Å². The number of fused-ring (bicyclic) bond motifs is 1. The number of nitrogens with zero attached hydrogens (tertiary/aromatic N) is 2. The summed E-state index contributed by atoms with van der Waals surface area (Å²) in [5.41, 5.74) is 0.602. The van der Waals surface area contributed by atoms with Crippen LogP contribution < -0.4 is 0 Å². The monoisotopic (exact) mass is 326 g/mol. The maximum atomic E-state index is 12.4. The van der Waals surface area contributed by atoms with Crippen molar-refractivity contribution in [2.75, 3.05) is 0 Å². The van der Waals surface area contributed by atoms with Gasteiger partial charge in [-0.1, -0.05) is 0 Å². The number of rotatable bonds is 0. The van der Waals surface area contributed by atoms with E-state index in [-0.39, 0.29) is 0 Å². The third-order valence-electron chi connectivity index (χ3n) is 2.05. The Labute approximate surface area is 97.3 Å². The molecule has 0 aliphatic heterocycles. The van der Waals surface area contributed by atoms with Gasteiger partial charge in [-0.2, -0.15) is 13.2 Å². The molecule has 0 unspecified atom stereocenters. The molecule has 0 radical (unpaired) electrons. The van der Waals surface area contributed by atoms with E-state index in [1.54, 1.807) is 6.92 Å². The van der Waals surface area contributed by atoms with E-state index in [0.29, 0.717) is 9.35 Å². The van der Waals surface area contributed by atoms with Crippen LogP contribution in [0.15, 0.2) is 18.3 Å². The van der Waals surface area contributed by atoms with Crippen molar-refractivity contribution >= 4 is 28.2 Å². The highest BCUT2D eigenvalue weighted by molar-refractivity contribution is 14.1. The van der Waals surface area contributed by atoms with Crippen LogP contribution in [0.3, 0.4) is 0 Å². The van der Waals surface area contributed by atoms with Gasteiger partial charge in [0.05, 0.1) is 11.3 Å². The van der Waals surface area contributed by atoms with Gasteiger partial charge in [-0.3, -0.25) is 4.40 Å². The highest BCUT2D eigenvalue weighted by Gasteiger charge is 2.31. The molecule has 0 fully saturated rings. The van der Waals surface area contributed by atoms with Gasteiger partial charge in [0.15, 0.2) is 0 Å². The summed E-state index contributed by atoms with van der Waals surface area (Å²) < 4.78 is 39.4. The summed E-state index contributed by atoms with van der Waals surface area (Å²) in [7, 11) is 0. The van der Waals surface area contributed by atoms with Gasteiger partial charge < -0.3 is 0 Å². The Hall–Kier alpha value is -0.790. The smallest absolute Gasteiger partial charge is 0.294 e. The van der Waals surface area contributed by atoms with E-state index in [2.05, 4.69) is 4.98 Å². The van der Waals surface area contributed by atoms with Gasteiger partial charge in [-0.15, -0.1) is 0 Å². The summed E-state index contributed by atoms with van der Waals surface area (Å²) in [6.45, 7) is 1.77. The van der Waals surface area contributed by atoms with E-state index in [9.17, 15) is 13.2 Å². The van der Waals surface area contributed by atoms with Gasteiger partial charge in [0, 0.05) is 6.20 Å². The lowest BCUT2D eigenvalue weighted by Crippen LogP contribution is -2.06. The molecular weight excluding hydrogens is 320 g/mol. The lowest BCUT2D eigenvalue weighted by atomic mass is 10.3. The summed E-state index contributed by atoms with van der Waals surface area (Å²) in [6.07, 6.45) is -3.24. The third kappa shape index (κ3) is 1.82. The van der Waals surface area contributed by atoms with Crippen molar-refractivity contribution in [3.8, 4) is 0 Å². The summed E-state index contributed by atoms with van der Waals surface area (Å²) in [4.78, 5) is 4.12. The lowest BCUT2D eigenvalue weighted by molar-refractivity contribution is -0.137. The first-order valence-corrected chi connectivity index (χ1v) is 5.19. The van der Waals surface area contributed by atoms with Crippen molar-refractivity contribution in [2.45, 2.75) is 13.1 Å². The molecule has 0 amide bonds. The first kappa shape index (κ1) is 10.7. The normalized spacial score (nSPS) is 12.3. The van der Waals surface area contributed by atoms with Crippen LogP contribution in [0.1, 0.15) is 11.3 Å². The molecule has 80 valence electrons. The summed E-state index contributed by atoms with van der Waals surface area (Å²) in [6, 6.07) is 2.41. The molecule has 15 heavy (non-hydrogen) atoms. The molecule has 2 rings (SSSR count). The summed E-state index contributed by atoms with van der Waals surface area (Å²) >= 11 is 1.98. The number of imidazole rings is 1. The third-order valence-corrected chi connectivity index (χ3v) is 3.35. The van der Waals surface area contributed by atoms with Gasteiger partial charge in [0.2, 0.25) is 0 Å². The fraction of sp³-hybridized carbons (Fsp3) is 0.222. The van der Waals surface area contributed by atoms with E-state index in [0.717, 1.165) is 18.0 Å². The van der Waals surface area contributed by atoms with Crippen molar-refractivity contribution < 1.29 is 13.2 Å². The van der Waals surface area contributed by atoms with Crippen molar-refractivity contribution in [2.24, 2.45) is 0 Å². The second-order valence-corrected chi connectivity index (χ2v) is 4.15. The molecule has 2 aromatic rings. The maximum Gasteiger partial charge on any atom is 0.417 e. The van der Waals surface area contributed by atoms with Gasteiger partial charge >= 0.3 is 6.18 Å². The van der Waals surface area contributed by atoms with E-state index < -0.39 is 11.7 Å². The van der Waals surface area contributed by atoms with Gasteiger partial charge in [0.25, 0.3) is 0 Å². The Morgan fingerprint density at radius 1 is 1.33 bits per heavy atom. The lowest BCUT2D eigenvalue weighted by Gasteiger charge is -2.06. The summed E-state index contributed by atoms with van der Waals surface area (Å²) in [5.74, 6) is 0. The molecule has 2 aromatic heterocycles. The molecule has 0 saturated carbocycles. The molecular formula is C9H6F3IN2. The fourth-order valence-electron chi connectivity index (χ4n) is 1.30. The van der Waals surface area contributed by atoms with Crippen LogP contribution in [-0.2, 0) is 6.18 Å². The molecule has 0 N–H and O–H groups in total. The molecule has 0 atom stereocenters. The second-order valence-electron chi connectivity index (χ2n) is 3.13. The first-order chi connectivity index (χ1) is 6.89. The van der Waals surface area contributed by atoms with Crippen LogP contribution >= 0.6 is 22.6 Å². The number of halogens is 4. The number of alkyl halides is 3. The molecule has 6 heteroatoms. The predicted octanol–water partition coefficient (Wildman–Crippen LogP) is 3.27. The van der Waals surface area contributed by atoms with Crippen LogP contribution in [0.5, 0.6) is 0 Å². The van der Waals surface area contributed by atoms with Crippen molar-refractivity contribution in [3.05, 3.63) is 33.3 Å². The van der Waals surface area contributed by atoms with Crippen molar-refractivity contribution in [3.63, 3.8) is 0 Å². The average Bonchev–Trinajstić information content (AvgIpc) is 2.41. The number of hydrogen-bond acceptors (Lipinski definition) is 1. The quantitative estimate of drug-likeness (QED) is 0.679. The highest BCUT2D eigenvalue weighted by atomic mass is 127. The molecule has 0 aromatic carbocycles. The van der Waals surface area contributed by atoms with Crippen molar-refractivity contribution in [1.29, 1.82) is 0 Å². The van der Waals surface area contributed by atoms with Gasteiger partial charge in [0.1, 0.15) is 9.35 Å². The van der Waals surface area contributed by atoms with Crippen LogP contribution in [0.2, 0.25) is 0 Å². The fourth-order valence-corrected chi connectivity index (χ4v) is 1.81. The average molecular weight is 326 g/mol. The Kier molecular flexibility index (Phi) is 2.40. The minimum atomic E-state index is -4.31. The zero-order valence-corrected chi connectivity index (χ0v) is 9.80. The first-order valence-electron chi connectivity index (χ1n) is 4.11. The predicted molar refractivity (Wildman–Crippen MR) is 57.6 cm³/mol. The van der Waals surface area contributed by atoms with Crippen LogP contribution in [-0.4, -0.2) is 9.38 Å². The maximum absolute atomic E-state index is 12.4.